The van der Waals surface area contributed by atoms with E-state index in [4.69, 9.17) is 18.9 Å². The molecular formula is C24H32N2O8. The molecule has 0 amide bonds. The van der Waals surface area contributed by atoms with Crippen molar-refractivity contribution in [2.45, 2.75) is 53.4 Å². The molecule has 0 saturated heterocycles. The van der Waals surface area contributed by atoms with E-state index in [2.05, 4.69) is 9.97 Å². The van der Waals surface area contributed by atoms with Crippen LogP contribution in [0.3, 0.4) is 0 Å². The lowest BCUT2D eigenvalue weighted by Crippen LogP contribution is -2.08. The molecule has 34 heavy (non-hydrogen) atoms. The predicted octanol–water partition coefficient (Wildman–Crippen LogP) is 2.72. The first-order chi connectivity index (χ1) is 16.2. The van der Waals surface area contributed by atoms with Gasteiger partial charge >= 0.3 is 23.9 Å². The number of aromatic amines is 2. The number of ether oxygens (including phenoxy) is 4. The fourth-order valence-corrected chi connectivity index (χ4v) is 3.81. The minimum atomic E-state index is -0.529. The first kappa shape index (κ1) is 26.7. The standard InChI is InChI=1S/C24H32N2O8/c1-7-33-23(29)21-13(3)15(9-10-19(27)31-5)17(25-21)12-18-16(11-20(28)32-6)14(4)22(26-18)24(30)34-8-2/h25-26H,7-12H2,1-6H3. The highest BCUT2D eigenvalue weighted by Gasteiger charge is 2.26. The Morgan fingerprint density at radius 2 is 1.21 bits per heavy atom. The Kier molecular flexibility index (Phi) is 9.47. The Bertz CT molecular complexity index is 1060. The molecule has 0 radical (unpaired) electrons. The number of methoxy groups -OCH3 is 2. The zero-order valence-corrected chi connectivity index (χ0v) is 20.5. The van der Waals surface area contributed by atoms with E-state index in [1.165, 1.54) is 14.2 Å². The van der Waals surface area contributed by atoms with Gasteiger partial charge in [0.2, 0.25) is 0 Å². The van der Waals surface area contributed by atoms with Crippen molar-refractivity contribution in [3.8, 4) is 0 Å². The van der Waals surface area contributed by atoms with Crippen LogP contribution in [-0.2, 0) is 47.8 Å². The van der Waals surface area contributed by atoms with Gasteiger partial charge in [-0.05, 0) is 56.4 Å². The van der Waals surface area contributed by atoms with Crippen LogP contribution in [0.5, 0.6) is 0 Å². The minimum absolute atomic E-state index is 0.0461. The Morgan fingerprint density at radius 1 is 0.735 bits per heavy atom. The number of carbonyl (C=O) groups is 4. The van der Waals surface area contributed by atoms with Crippen LogP contribution in [0.2, 0.25) is 0 Å². The molecule has 0 aliphatic heterocycles. The van der Waals surface area contributed by atoms with Gasteiger partial charge in [-0.2, -0.15) is 0 Å². The van der Waals surface area contributed by atoms with E-state index < -0.39 is 17.9 Å². The molecule has 0 spiro atoms. The summed E-state index contributed by atoms with van der Waals surface area (Å²) in [5.74, 6) is -1.87. The third-order valence-corrected chi connectivity index (χ3v) is 5.60. The molecule has 0 atom stereocenters. The first-order valence-electron chi connectivity index (χ1n) is 11.1. The van der Waals surface area contributed by atoms with Crippen LogP contribution in [0.1, 0.15) is 74.9 Å². The highest BCUT2D eigenvalue weighted by atomic mass is 16.5. The van der Waals surface area contributed by atoms with Gasteiger partial charge in [0.25, 0.3) is 0 Å². The quantitative estimate of drug-likeness (QED) is 0.373. The molecule has 2 N–H and O–H groups in total. The van der Waals surface area contributed by atoms with Crippen molar-refractivity contribution >= 4 is 23.9 Å². The second-order valence-electron chi connectivity index (χ2n) is 7.61. The summed E-state index contributed by atoms with van der Waals surface area (Å²) in [5, 5.41) is 0. The maximum atomic E-state index is 12.5. The average molecular weight is 477 g/mol. The molecule has 10 nitrogen and oxygen atoms in total. The van der Waals surface area contributed by atoms with Crippen molar-refractivity contribution in [3.05, 3.63) is 45.0 Å². The van der Waals surface area contributed by atoms with Crippen LogP contribution in [0.4, 0.5) is 0 Å². The molecule has 0 unspecified atom stereocenters. The summed E-state index contributed by atoms with van der Waals surface area (Å²) >= 11 is 0. The van der Waals surface area contributed by atoms with Gasteiger partial charge in [0, 0.05) is 24.2 Å². The third-order valence-electron chi connectivity index (χ3n) is 5.60. The van der Waals surface area contributed by atoms with Gasteiger partial charge in [0.05, 0.1) is 33.9 Å². The van der Waals surface area contributed by atoms with Crippen LogP contribution < -0.4 is 0 Å². The molecule has 2 heterocycles. The van der Waals surface area contributed by atoms with E-state index in [-0.39, 0.29) is 44.1 Å². The van der Waals surface area contributed by atoms with Gasteiger partial charge < -0.3 is 28.9 Å². The summed E-state index contributed by atoms with van der Waals surface area (Å²) in [7, 11) is 2.61. The molecular weight excluding hydrogens is 444 g/mol. The molecule has 0 bridgehead atoms. The molecule has 0 aliphatic rings. The van der Waals surface area contributed by atoms with E-state index >= 15 is 0 Å². The van der Waals surface area contributed by atoms with Crippen LogP contribution in [0.15, 0.2) is 0 Å². The molecule has 2 rings (SSSR count). The Labute approximate surface area is 198 Å². The smallest absolute Gasteiger partial charge is 0.355 e. The Balaban J connectivity index is 2.56. The second kappa shape index (κ2) is 12.1. The molecule has 2 aromatic rings. The average Bonchev–Trinajstić information content (AvgIpc) is 3.29. The van der Waals surface area contributed by atoms with Crippen LogP contribution in [0, 0.1) is 13.8 Å². The monoisotopic (exact) mass is 476 g/mol. The van der Waals surface area contributed by atoms with Gasteiger partial charge in [-0.25, -0.2) is 9.59 Å². The lowest BCUT2D eigenvalue weighted by molar-refractivity contribution is -0.141. The van der Waals surface area contributed by atoms with Gasteiger partial charge in [0.1, 0.15) is 11.4 Å². The summed E-state index contributed by atoms with van der Waals surface area (Å²) in [4.78, 5) is 55.0. The summed E-state index contributed by atoms with van der Waals surface area (Å²) in [6.07, 6.45) is 0.649. The van der Waals surface area contributed by atoms with Crippen molar-refractivity contribution in [1.29, 1.82) is 0 Å². The van der Waals surface area contributed by atoms with Crippen molar-refractivity contribution in [3.63, 3.8) is 0 Å². The highest BCUT2D eigenvalue weighted by Crippen LogP contribution is 2.27. The van der Waals surface area contributed by atoms with Crippen molar-refractivity contribution in [1.82, 2.24) is 9.97 Å². The maximum Gasteiger partial charge on any atom is 0.355 e. The van der Waals surface area contributed by atoms with Crippen LogP contribution >= 0.6 is 0 Å². The van der Waals surface area contributed by atoms with Crippen molar-refractivity contribution < 1.29 is 38.1 Å². The largest absolute Gasteiger partial charge is 0.469 e. The zero-order chi connectivity index (χ0) is 25.4. The minimum Gasteiger partial charge on any atom is -0.469 e. The predicted molar refractivity (Wildman–Crippen MR) is 122 cm³/mol. The van der Waals surface area contributed by atoms with Gasteiger partial charge in [0.15, 0.2) is 0 Å². The van der Waals surface area contributed by atoms with E-state index in [1.807, 2.05) is 0 Å². The van der Waals surface area contributed by atoms with E-state index in [0.29, 0.717) is 40.2 Å². The molecule has 10 heteroatoms. The van der Waals surface area contributed by atoms with E-state index in [0.717, 1.165) is 5.56 Å². The van der Waals surface area contributed by atoms with Crippen molar-refractivity contribution in [2.75, 3.05) is 27.4 Å². The lowest BCUT2D eigenvalue weighted by Gasteiger charge is -2.07. The number of carbonyl (C=O) groups excluding carboxylic acids is 4. The summed E-state index contributed by atoms with van der Waals surface area (Å²) in [6, 6.07) is 0. The molecule has 0 aromatic carbocycles. The van der Waals surface area contributed by atoms with Gasteiger partial charge in [-0.15, -0.1) is 0 Å². The van der Waals surface area contributed by atoms with Crippen LogP contribution in [0.25, 0.3) is 0 Å². The fourth-order valence-electron chi connectivity index (χ4n) is 3.81. The van der Waals surface area contributed by atoms with Crippen LogP contribution in [-0.4, -0.2) is 61.3 Å². The number of hydrogen-bond donors (Lipinski definition) is 2. The summed E-state index contributed by atoms with van der Waals surface area (Å²) in [5.41, 5.74) is 4.43. The zero-order valence-electron chi connectivity index (χ0n) is 20.5. The lowest BCUT2D eigenvalue weighted by atomic mass is 9.99. The van der Waals surface area contributed by atoms with Gasteiger partial charge in [-0.1, -0.05) is 0 Å². The Hall–Kier alpha value is -3.56. The highest BCUT2D eigenvalue weighted by molar-refractivity contribution is 5.91. The fraction of sp³-hybridized carbons (Fsp3) is 0.500. The van der Waals surface area contributed by atoms with Gasteiger partial charge in [-0.3, -0.25) is 9.59 Å². The number of esters is 4. The number of aromatic nitrogens is 2. The number of hydrogen-bond acceptors (Lipinski definition) is 8. The summed E-state index contributed by atoms with van der Waals surface area (Å²) < 4.78 is 19.9. The first-order valence-corrected chi connectivity index (χ1v) is 11.1. The third kappa shape index (κ3) is 6.06. The Morgan fingerprint density at radius 3 is 1.68 bits per heavy atom. The number of H-pyrrole nitrogens is 2. The van der Waals surface area contributed by atoms with E-state index in [9.17, 15) is 19.2 Å². The maximum absolute atomic E-state index is 12.5. The number of rotatable bonds is 11. The van der Waals surface area contributed by atoms with Crippen molar-refractivity contribution in [2.24, 2.45) is 0 Å². The molecule has 0 aliphatic carbocycles. The second-order valence-corrected chi connectivity index (χ2v) is 7.61. The SMILES string of the molecule is CCOC(=O)c1[nH]c(Cc2[nH]c(C(=O)OCC)c(C)c2CC(=O)OC)c(CCC(=O)OC)c1C. The number of nitrogens with one attached hydrogen (secondary N) is 2. The molecule has 0 fully saturated rings. The topological polar surface area (TPSA) is 137 Å². The molecule has 0 saturated carbocycles. The normalized spacial score (nSPS) is 10.6. The van der Waals surface area contributed by atoms with E-state index in [1.54, 1.807) is 27.7 Å². The molecule has 2 aromatic heterocycles. The summed E-state index contributed by atoms with van der Waals surface area (Å²) in [6.45, 7) is 7.35. The molecule has 186 valence electrons.